The molecule has 2 aromatic rings. The Morgan fingerprint density at radius 2 is 1.86 bits per heavy atom. The summed E-state index contributed by atoms with van der Waals surface area (Å²) in [6, 6.07) is 10.6. The molecule has 0 radical (unpaired) electrons. The number of carbonyl (C=O) groups excluding carboxylic acids is 1. The molecule has 1 aliphatic heterocycles. The van der Waals surface area contributed by atoms with Gasteiger partial charge in [-0.3, -0.25) is 9.58 Å². The summed E-state index contributed by atoms with van der Waals surface area (Å²) in [6.07, 6.45) is 7.88. The Morgan fingerprint density at radius 3 is 2.62 bits per heavy atom. The molecule has 6 heteroatoms. The van der Waals surface area contributed by atoms with E-state index < -0.39 is 0 Å². The van der Waals surface area contributed by atoms with Crippen LogP contribution in [0.15, 0.2) is 36.5 Å². The fourth-order valence-corrected chi connectivity index (χ4v) is 4.70. The highest BCUT2D eigenvalue weighted by molar-refractivity contribution is 5.75. The van der Waals surface area contributed by atoms with E-state index in [0.29, 0.717) is 0 Å². The average molecular weight is 394 g/mol. The van der Waals surface area contributed by atoms with Crippen molar-refractivity contribution in [3.63, 3.8) is 0 Å². The second-order valence-electron chi connectivity index (χ2n) is 8.82. The minimum absolute atomic E-state index is 0.0836. The van der Waals surface area contributed by atoms with Crippen molar-refractivity contribution in [1.29, 1.82) is 0 Å². The first-order chi connectivity index (χ1) is 14.3. The number of hydrogen-bond acceptors (Lipinski definition) is 3. The highest BCUT2D eigenvalue weighted by atomic mass is 16.2. The van der Waals surface area contributed by atoms with E-state index in [-0.39, 0.29) is 12.1 Å². The molecule has 1 N–H and O–H groups in total. The third-order valence-electron chi connectivity index (χ3n) is 6.61. The summed E-state index contributed by atoms with van der Waals surface area (Å²) < 4.78 is 2.11. The number of aromatic nitrogens is 2. The molecular formula is C23H31N5O. The van der Waals surface area contributed by atoms with Crippen molar-refractivity contribution in [1.82, 2.24) is 24.9 Å². The lowest BCUT2D eigenvalue weighted by molar-refractivity contribution is 0.133. The molecule has 1 saturated heterocycles. The fraction of sp³-hybridized carbons (Fsp3) is 0.565. The molecule has 1 atom stereocenters. The number of hydrogen-bond donors (Lipinski definition) is 1. The second-order valence-corrected chi connectivity index (χ2v) is 8.82. The van der Waals surface area contributed by atoms with Crippen LogP contribution in [0.1, 0.15) is 48.5 Å². The van der Waals surface area contributed by atoms with Crippen LogP contribution in [0.3, 0.4) is 0 Å². The minimum atomic E-state index is 0.0836. The van der Waals surface area contributed by atoms with Crippen LogP contribution in [0, 0.1) is 5.92 Å². The van der Waals surface area contributed by atoms with Gasteiger partial charge in [-0.25, -0.2) is 4.79 Å². The summed E-state index contributed by atoms with van der Waals surface area (Å²) in [5, 5.41) is 7.96. The molecule has 6 nitrogen and oxygen atoms in total. The van der Waals surface area contributed by atoms with Gasteiger partial charge in [-0.2, -0.15) is 5.10 Å². The number of carbonyl (C=O) groups is 1. The molecule has 1 saturated carbocycles. The van der Waals surface area contributed by atoms with Gasteiger partial charge in [0.25, 0.3) is 0 Å². The molecule has 2 fully saturated rings. The van der Waals surface area contributed by atoms with Crippen molar-refractivity contribution < 1.29 is 4.79 Å². The molecule has 1 aromatic heterocycles. The molecule has 154 valence electrons. The number of fused-ring (bicyclic) bond motifs is 1. The highest BCUT2D eigenvalue weighted by Gasteiger charge is 2.30. The number of rotatable bonds is 5. The van der Waals surface area contributed by atoms with Gasteiger partial charge in [-0.05, 0) is 43.6 Å². The Bertz CT molecular complexity index is 836. The Balaban J connectivity index is 1.20. The lowest BCUT2D eigenvalue weighted by Gasteiger charge is -2.36. The number of amides is 2. The molecule has 0 spiro atoms. The molecule has 2 amide bonds. The fourth-order valence-electron chi connectivity index (χ4n) is 4.70. The van der Waals surface area contributed by atoms with Gasteiger partial charge >= 0.3 is 6.03 Å². The van der Waals surface area contributed by atoms with Gasteiger partial charge in [-0.1, -0.05) is 30.3 Å². The van der Waals surface area contributed by atoms with Gasteiger partial charge < -0.3 is 10.2 Å². The maximum Gasteiger partial charge on any atom is 0.317 e. The minimum Gasteiger partial charge on any atom is -0.331 e. The quantitative estimate of drug-likeness (QED) is 0.850. The molecule has 3 aliphatic rings. The van der Waals surface area contributed by atoms with E-state index in [9.17, 15) is 4.79 Å². The van der Waals surface area contributed by atoms with Crippen LogP contribution in [0.5, 0.6) is 0 Å². The molecule has 1 aromatic carbocycles. The van der Waals surface area contributed by atoms with Crippen molar-refractivity contribution in [2.24, 2.45) is 5.92 Å². The predicted molar refractivity (Wildman–Crippen MR) is 113 cm³/mol. The van der Waals surface area contributed by atoms with Crippen LogP contribution in [-0.4, -0.2) is 58.3 Å². The smallest absolute Gasteiger partial charge is 0.317 e. The Morgan fingerprint density at radius 1 is 1.07 bits per heavy atom. The SMILES string of the molecule is O=C(NC1CCCc2c1cnn2Cc1ccccc1)N1CCN(CC2CC2)CC1. The first kappa shape index (κ1) is 18.7. The van der Waals surface area contributed by atoms with Crippen LogP contribution in [0.25, 0.3) is 0 Å². The lowest BCUT2D eigenvalue weighted by Crippen LogP contribution is -2.52. The van der Waals surface area contributed by atoms with Gasteiger partial charge in [0.1, 0.15) is 0 Å². The van der Waals surface area contributed by atoms with Crippen LogP contribution in [-0.2, 0) is 13.0 Å². The molecule has 0 bridgehead atoms. The molecule has 2 heterocycles. The zero-order valence-corrected chi connectivity index (χ0v) is 17.1. The Labute approximate surface area is 172 Å². The van der Waals surface area contributed by atoms with Gasteiger partial charge in [0, 0.05) is 44.0 Å². The monoisotopic (exact) mass is 393 g/mol. The van der Waals surface area contributed by atoms with E-state index in [4.69, 9.17) is 0 Å². The number of piperazine rings is 1. The number of urea groups is 1. The van der Waals surface area contributed by atoms with Crippen LogP contribution in [0.2, 0.25) is 0 Å². The van der Waals surface area contributed by atoms with E-state index in [2.05, 4.69) is 44.3 Å². The molecule has 1 unspecified atom stereocenters. The van der Waals surface area contributed by atoms with Crippen molar-refractivity contribution in [2.45, 2.75) is 44.7 Å². The van der Waals surface area contributed by atoms with Crippen LogP contribution < -0.4 is 5.32 Å². The van der Waals surface area contributed by atoms with Crippen molar-refractivity contribution in [3.8, 4) is 0 Å². The topological polar surface area (TPSA) is 53.4 Å². The van der Waals surface area contributed by atoms with Gasteiger partial charge in [-0.15, -0.1) is 0 Å². The van der Waals surface area contributed by atoms with Crippen molar-refractivity contribution in [3.05, 3.63) is 53.3 Å². The summed E-state index contributed by atoms with van der Waals surface area (Å²) >= 11 is 0. The molecular weight excluding hydrogens is 362 g/mol. The number of nitrogens with one attached hydrogen (secondary N) is 1. The maximum atomic E-state index is 12.9. The van der Waals surface area contributed by atoms with Gasteiger partial charge in [0.15, 0.2) is 0 Å². The van der Waals surface area contributed by atoms with E-state index in [1.165, 1.54) is 36.2 Å². The summed E-state index contributed by atoms with van der Waals surface area (Å²) in [5.41, 5.74) is 3.74. The Hall–Kier alpha value is -2.34. The lowest BCUT2D eigenvalue weighted by atomic mass is 9.93. The van der Waals surface area contributed by atoms with E-state index in [1.54, 1.807) is 0 Å². The van der Waals surface area contributed by atoms with Crippen LogP contribution in [0.4, 0.5) is 4.79 Å². The standard InChI is InChI=1S/C23H31N5O/c29-23(27-13-11-26(12-14-27)16-19-9-10-19)25-21-7-4-8-22-20(21)15-24-28(22)17-18-5-2-1-3-6-18/h1-3,5-6,15,19,21H,4,7-14,16-17H2,(H,25,29). The summed E-state index contributed by atoms with van der Waals surface area (Å²) in [6.45, 7) is 5.71. The van der Waals surface area contributed by atoms with E-state index in [1.807, 2.05) is 17.2 Å². The first-order valence-electron chi connectivity index (χ1n) is 11.1. The molecule has 5 rings (SSSR count). The summed E-state index contributed by atoms with van der Waals surface area (Å²) in [7, 11) is 0. The third kappa shape index (κ3) is 4.32. The van der Waals surface area contributed by atoms with Gasteiger partial charge in [0.2, 0.25) is 0 Å². The van der Waals surface area contributed by atoms with Crippen LogP contribution >= 0.6 is 0 Å². The molecule has 2 aliphatic carbocycles. The number of nitrogens with zero attached hydrogens (tertiary/aromatic N) is 4. The van der Waals surface area contributed by atoms with Crippen molar-refractivity contribution in [2.75, 3.05) is 32.7 Å². The summed E-state index contributed by atoms with van der Waals surface area (Å²) in [5.74, 6) is 0.920. The highest BCUT2D eigenvalue weighted by Crippen LogP contribution is 2.31. The average Bonchev–Trinajstić information content (AvgIpc) is 3.48. The largest absolute Gasteiger partial charge is 0.331 e. The first-order valence-corrected chi connectivity index (χ1v) is 11.1. The maximum absolute atomic E-state index is 12.9. The second kappa shape index (κ2) is 8.19. The molecule has 29 heavy (non-hydrogen) atoms. The van der Waals surface area contributed by atoms with E-state index in [0.717, 1.165) is 57.9 Å². The predicted octanol–water partition coefficient (Wildman–Crippen LogP) is 3.05. The zero-order valence-electron chi connectivity index (χ0n) is 17.1. The normalized spacial score (nSPS) is 22.3. The zero-order chi connectivity index (χ0) is 19.6. The van der Waals surface area contributed by atoms with E-state index >= 15 is 0 Å². The van der Waals surface area contributed by atoms with Crippen molar-refractivity contribution >= 4 is 6.03 Å². The summed E-state index contributed by atoms with van der Waals surface area (Å²) in [4.78, 5) is 17.4. The Kier molecular flexibility index (Phi) is 5.27. The van der Waals surface area contributed by atoms with Gasteiger partial charge in [0.05, 0.1) is 18.8 Å². The number of benzene rings is 1. The third-order valence-corrected chi connectivity index (χ3v) is 6.61.